The van der Waals surface area contributed by atoms with Gasteiger partial charge in [0.25, 0.3) is 0 Å². The quantitative estimate of drug-likeness (QED) is 0.637. The molecule has 5 rings (SSSR count). The highest BCUT2D eigenvalue weighted by molar-refractivity contribution is 14.0. The lowest BCUT2D eigenvalue weighted by molar-refractivity contribution is -0.0993. The van der Waals surface area contributed by atoms with E-state index in [4.69, 9.17) is 4.74 Å². The second-order valence-corrected chi connectivity index (χ2v) is 7.28. The molecule has 1 spiro atoms. The molecule has 1 aromatic carbocycles. The van der Waals surface area contributed by atoms with Crippen molar-refractivity contribution in [2.24, 2.45) is 5.92 Å². The number of nitrogens with zero attached hydrogens (tertiary/aromatic N) is 1. The monoisotopic (exact) mass is 415 g/mol. The van der Waals surface area contributed by atoms with Crippen molar-refractivity contribution in [2.75, 3.05) is 13.6 Å². The van der Waals surface area contributed by atoms with Crippen molar-refractivity contribution >= 4 is 24.0 Å². The van der Waals surface area contributed by atoms with Gasteiger partial charge in [0.15, 0.2) is 11.5 Å². The lowest BCUT2D eigenvalue weighted by atomic mass is 9.51. The maximum Gasteiger partial charge on any atom is 0.165 e. The van der Waals surface area contributed by atoms with Crippen LogP contribution in [0.2, 0.25) is 0 Å². The van der Waals surface area contributed by atoms with E-state index in [1.54, 1.807) is 6.07 Å². The largest absolute Gasteiger partial charge is 0.504 e. The Morgan fingerprint density at radius 1 is 1.32 bits per heavy atom. The van der Waals surface area contributed by atoms with Crippen LogP contribution in [0.1, 0.15) is 30.4 Å². The third-order valence-electron chi connectivity index (χ3n) is 6.56. The minimum Gasteiger partial charge on any atom is -0.504 e. The number of aliphatic hydroxyl groups is 1. The van der Waals surface area contributed by atoms with Gasteiger partial charge < -0.3 is 19.8 Å². The number of hydrogen-bond donors (Lipinski definition) is 2. The van der Waals surface area contributed by atoms with E-state index in [2.05, 4.69) is 18.0 Å². The number of likely N-dealkylation sites (N-methyl/N-ethyl adjacent to an activating group) is 1. The van der Waals surface area contributed by atoms with Crippen molar-refractivity contribution in [2.45, 2.75) is 49.3 Å². The molecule has 1 aromatic rings. The maximum atomic E-state index is 10.5. The van der Waals surface area contributed by atoms with Gasteiger partial charge in [-0.2, -0.15) is 0 Å². The van der Waals surface area contributed by atoms with Crippen LogP contribution in [0.15, 0.2) is 12.1 Å². The summed E-state index contributed by atoms with van der Waals surface area (Å²) < 4.78 is 6.14. The summed E-state index contributed by atoms with van der Waals surface area (Å²) in [5.41, 5.74) is 2.46. The van der Waals surface area contributed by atoms with E-state index in [0.717, 1.165) is 32.2 Å². The van der Waals surface area contributed by atoms with Crippen LogP contribution in [-0.4, -0.2) is 47.0 Å². The highest BCUT2D eigenvalue weighted by Crippen LogP contribution is 2.63. The Morgan fingerprint density at radius 3 is 2.95 bits per heavy atom. The first kappa shape index (κ1) is 15.0. The second kappa shape index (κ2) is 4.74. The van der Waals surface area contributed by atoms with E-state index in [1.807, 2.05) is 0 Å². The minimum absolute atomic E-state index is 0. The Hall–Kier alpha value is -0.530. The molecule has 0 unspecified atom stereocenters. The summed E-state index contributed by atoms with van der Waals surface area (Å²) in [6, 6.07) is 4.36. The summed E-state index contributed by atoms with van der Waals surface area (Å²) in [6.07, 6.45) is 3.35. The van der Waals surface area contributed by atoms with E-state index in [1.165, 1.54) is 11.1 Å². The molecule has 2 aliphatic heterocycles. The summed E-state index contributed by atoms with van der Waals surface area (Å²) in [5.74, 6) is 1.44. The third kappa shape index (κ3) is 1.55. The molecule has 2 heterocycles. The van der Waals surface area contributed by atoms with Crippen molar-refractivity contribution in [3.63, 3.8) is 0 Å². The first-order chi connectivity index (χ1) is 10.1. The standard InChI is InChI=1S/C17H21NO3.HI/c1-18-7-6-17-10-3-5-13(20)16(17)21-15-12(19)4-2-9(14(15)17)8-11(10)18;/h2,4,10-11,13,16,19-20H,3,5-8H2,1H3;1H/t10-,11+,13-,16-,17-;/m0./s1. The van der Waals surface area contributed by atoms with Crippen molar-refractivity contribution < 1.29 is 14.9 Å². The third-order valence-corrected chi connectivity index (χ3v) is 6.56. The van der Waals surface area contributed by atoms with Gasteiger partial charge in [0, 0.05) is 17.0 Å². The van der Waals surface area contributed by atoms with E-state index in [9.17, 15) is 10.2 Å². The molecular weight excluding hydrogens is 393 g/mol. The number of phenolic OH excluding ortho intramolecular Hbond substituents is 1. The van der Waals surface area contributed by atoms with E-state index in [0.29, 0.717) is 17.7 Å². The molecule has 5 atom stereocenters. The molecule has 0 aromatic heterocycles. The van der Waals surface area contributed by atoms with Crippen LogP contribution >= 0.6 is 24.0 Å². The first-order valence-electron chi connectivity index (χ1n) is 8.03. The molecule has 4 aliphatic rings. The number of likely N-dealkylation sites (tertiary alicyclic amines) is 1. The van der Waals surface area contributed by atoms with Gasteiger partial charge in [0.05, 0.1) is 6.10 Å². The van der Waals surface area contributed by atoms with Crippen LogP contribution in [0.3, 0.4) is 0 Å². The number of hydrogen-bond acceptors (Lipinski definition) is 4. The minimum atomic E-state index is -0.414. The SMILES string of the molecule is CN1CC[C@]23c4c5ccc(O)c4O[C@H]2[C@@H](O)CC[C@H]3[C@H]1C5.I. The maximum absolute atomic E-state index is 10.5. The lowest BCUT2D eigenvalue weighted by Gasteiger charge is -2.58. The Morgan fingerprint density at radius 2 is 2.14 bits per heavy atom. The Kier molecular flexibility index (Phi) is 3.24. The van der Waals surface area contributed by atoms with Gasteiger partial charge in [0.1, 0.15) is 6.10 Å². The number of halogens is 1. The van der Waals surface area contributed by atoms with E-state index in [-0.39, 0.29) is 41.2 Å². The normalized spacial score (nSPS) is 41.4. The van der Waals surface area contributed by atoms with Gasteiger partial charge in [-0.1, -0.05) is 6.07 Å². The molecule has 2 bridgehead atoms. The zero-order valence-electron chi connectivity index (χ0n) is 12.7. The average Bonchev–Trinajstić information content (AvgIpc) is 2.83. The summed E-state index contributed by atoms with van der Waals surface area (Å²) in [6.45, 7) is 1.04. The molecule has 4 nitrogen and oxygen atoms in total. The van der Waals surface area contributed by atoms with Crippen LogP contribution in [0.5, 0.6) is 11.5 Å². The van der Waals surface area contributed by atoms with Crippen LogP contribution in [0.25, 0.3) is 0 Å². The predicted octanol–water partition coefficient (Wildman–Crippen LogP) is 2.04. The van der Waals surface area contributed by atoms with Crippen molar-refractivity contribution in [1.82, 2.24) is 4.90 Å². The molecular formula is C17H22INO3. The van der Waals surface area contributed by atoms with Crippen molar-refractivity contribution in [3.8, 4) is 11.5 Å². The van der Waals surface area contributed by atoms with Gasteiger partial charge in [0.2, 0.25) is 0 Å². The molecule has 120 valence electrons. The summed E-state index contributed by atoms with van der Waals surface area (Å²) in [7, 11) is 2.22. The highest BCUT2D eigenvalue weighted by atomic mass is 127. The number of phenols is 1. The smallest absolute Gasteiger partial charge is 0.165 e. The van der Waals surface area contributed by atoms with Crippen LogP contribution in [0, 0.1) is 5.92 Å². The number of ether oxygens (including phenoxy) is 1. The molecule has 0 radical (unpaired) electrons. The summed E-state index contributed by atoms with van der Waals surface area (Å²) >= 11 is 0. The highest BCUT2D eigenvalue weighted by Gasteiger charge is 2.65. The first-order valence-corrected chi connectivity index (χ1v) is 8.03. The molecule has 1 saturated carbocycles. The molecule has 2 fully saturated rings. The van der Waals surface area contributed by atoms with Crippen molar-refractivity contribution in [3.05, 3.63) is 23.3 Å². The van der Waals surface area contributed by atoms with Crippen LogP contribution in [0.4, 0.5) is 0 Å². The van der Waals surface area contributed by atoms with Gasteiger partial charge in [-0.25, -0.2) is 0 Å². The number of benzene rings is 1. The molecule has 0 amide bonds. The van der Waals surface area contributed by atoms with Gasteiger partial charge in [-0.3, -0.25) is 0 Å². The van der Waals surface area contributed by atoms with Crippen LogP contribution < -0.4 is 4.74 Å². The molecule has 22 heavy (non-hydrogen) atoms. The van der Waals surface area contributed by atoms with Crippen LogP contribution in [-0.2, 0) is 11.8 Å². The Balaban J connectivity index is 0.00000125. The average molecular weight is 415 g/mol. The van der Waals surface area contributed by atoms with Gasteiger partial charge in [-0.05, 0) is 56.8 Å². The Bertz CT molecular complexity index is 637. The predicted molar refractivity (Wildman–Crippen MR) is 93.1 cm³/mol. The number of aliphatic hydroxyl groups excluding tert-OH is 1. The fourth-order valence-electron chi connectivity index (χ4n) is 5.71. The molecule has 2 N–H and O–H groups in total. The summed E-state index contributed by atoms with van der Waals surface area (Å²) in [5, 5.41) is 20.8. The molecule has 1 saturated heterocycles. The van der Waals surface area contributed by atoms with E-state index < -0.39 is 6.10 Å². The zero-order valence-corrected chi connectivity index (χ0v) is 15.0. The number of piperidine rings is 1. The molecule has 2 aliphatic carbocycles. The lowest BCUT2D eigenvalue weighted by Crippen LogP contribution is -2.66. The fraction of sp³-hybridized carbons (Fsp3) is 0.647. The van der Waals surface area contributed by atoms with E-state index >= 15 is 0 Å². The summed E-state index contributed by atoms with van der Waals surface area (Å²) in [4.78, 5) is 2.48. The Labute approximate surface area is 147 Å². The zero-order chi connectivity index (χ0) is 14.4. The van der Waals surface area contributed by atoms with Gasteiger partial charge >= 0.3 is 0 Å². The van der Waals surface area contributed by atoms with Gasteiger partial charge in [-0.15, -0.1) is 24.0 Å². The number of rotatable bonds is 0. The second-order valence-electron chi connectivity index (χ2n) is 7.28. The van der Waals surface area contributed by atoms with Crippen molar-refractivity contribution in [1.29, 1.82) is 0 Å². The topological polar surface area (TPSA) is 52.9 Å². The fourth-order valence-corrected chi connectivity index (χ4v) is 5.71. The molecule has 5 heteroatoms. The number of aromatic hydroxyl groups is 1.